The largest absolute Gasteiger partial charge is 0.491 e. The average molecular weight is 417 g/mol. The molecule has 1 saturated carbocycles. The van der Waals surface area contributed by atoms with Gasteiger partial charge in [0.25, 0.3) is 0 Å². The fourth-order valence-electron chi connectivity index (χ4n) is 4.16. The molecular formula is C23H36N4O3. The Morgan fingerprint density at radius 1 is 1.10 bits per heavy atom. The van der Waals surface area contributed by atoms with Crippen molar-refractivity contribution in [1.29, 1.82) is 0 Å². The number of rotatable bonds is 7. The van der Waals surface area contributed by atoms with E-state index in [0.717, 1.165) is 24.2 Å². The SMILES string of the molecule is CC(C)Oc1cccc(CNC(=O)N2CCN(C(C)C(=O)NC3CCCC3)CC2)c1. The van der Waals surface area contributed by atoms with E-state index in [1.54, 1.807) is 0 Å². The zero-order chi connectivity index (χ0) is 21.5. The highest BCUT2D eigenvalue weighted by molar-refractivity contribution is 5.81. The van der Waals surface area contributed by atoms with Crippen LogP contribution in [0.4, 0.5) is 4.79 Å². The first-order valence-electron chi connectivity index (χ1n) is 11.2. The van der Waals surface area contributed by atoms with Crippen LogP contribution >= 0.6 is 0 Å². The van der Waals surface area contributed by atoms with Gasteiger partial charge in [-0.2, -0.15) is 0 Å². The summed E-state index contributed by atoms with van der Waals surface area (Å²) >= 11 is 0. The van der Waals surface area contributed by atoms with Gasteiger partial charge in [-0.05, 0) is 51.3 Å². The van der Waals surface area contributed by atoms with Gasteiger partial charge < -0.3 is 20.3 Å². The molecule has 1 aliphatic heterocycles. The van der Waals surface area contributed by atoms with Crippen molar-refractivity contribution in [3.63, 3.8) is 0 Å². The normalized spacial score (nSPS) is 19.0. The monoisotopic (exact) mass is 416 g/mol. The van der Waals surface area contributed by atoms with E-state index in [-0.39, 0.29) is 24.1 Å². The molecule has 3 amide bonds. The highest BCUT2D eigenvalue weighted by Crippen LogP contribution is 2.18. The summed E-state index contributed by atoms with van der Waals surface area (Å²) in [5.74, 6) is 0.929. The minimum absolute atomic E-state index is 0.0621. The standard InChI is InChI=1S/C23H36N4O3/c1-17(2)30-21-10-6-7-19(15-21)16-24-23(29)27-13-11-26(12-14-27)18(3)22(28)25-20-8-4-5-9-20/h6-7,10,15,17-18,20H,4-5,8-9,11-14,16H2,1-3H3,(H,24,29)(H,25,28). The Hall–Kier alpha value is -2.28. The first kappa shape index (κ1) is 22.4. The van der Waals surface area contributed by atoms with Crippen molar-refractivity contribution < 1.29 is 14.3 Å². The number of urea groups is 1. The van der Waals surface area contributed by atoms with Crippen molar-refractivity contribution in [3.05, 3.63) is 29.8 Å². The maximum Gasteiger partial charge on any atom is 0.317 e. The van der Waals surface area contributed by atoms with Gasteiger partial charge in [0.1, 0.15) is 5.75 Å². The van der Waals surface area contributed by atoms with E-state index < -0.39 is 0 Å². The van der Waals surface area contributed by atoms with E-state index in [4.69, 9.17) is 4.74 Å². The van der Waals surface area contributed by atoms with E-state index in [9.17, 15) is 9.59 Å². The van der Waals surface area contributed by atoms with Gasteiger partial charge >= 0.3 is 6.03 Å². The summed E-state index contributed by atoms with van der Waals surface area (Å²) in [5.41, 5.74) is 1.01. The second-order valence-electron chi connectivity index (χ2n) is 8.66. The average Bonchev–Trinajstić information content (AvgIpc) is 3.24. The van der Waals surface area contributed by atoms with Gasteiger partial charge in [-0.3, -0.25) is 9.69 Å². The lowest BCUT2D eigenvalue weighted by Gasteiger charge is -2.37. The molecule has 0 bridgehead atoms. The molecule has 1 saturated heterocycles. The number of hydrogen-bond donors (Lipinski definition) is 2. The molecule has 1 unspecified atom stereocenters. The van der Waals surface area contributed by atoms with Gasteiger partial charge in [0.05, 0.1) is 12.1 Å². The fourth-order valence-corrected chi connectivity index (χ4v) is 4.16. The van der Waals surface area contributed by atoms with E-state index >= 15 is 0 Å². The number of piperazine rings is 1. The van der Waals surface area contributed by atoms with Gasteiger partial charge in [-0.1, -0.05) is 25.0 Å². The maximum atomic E-state index is 12.6. The molecule has 1 heterocycles. The number of hydrogen-bond acceptors (Lipinski definition) is 4. The van der Waals surface area contributed by atoms with Crippen molar-refractivity contribution in [2.75, 3.05) is 26.2 Å². The summed E-state index contributed by atoms with van der Waals surface area (Å²) < 4.78 is 5.71. The molecule has 0 spiro atoms. The van der Waals surface area contributed by atoms with Gasteiger partial charge in [-0.25, -0.2) is 4.79 Å². The van der Waals surface area contributed by atoms with Crippen LogP contribution in [0.5, 0.6) is 5.75 Å². The summed E-state index contributed by atoms with van der Waals surface area (Å²) in [5, 5.41) is 6.18. The number of carbonyl (C=O) groups is 2. The Labute approximate surface area is 180 Å². The van der Waals surface area contributed by atoms with Crippen molar-refractivity contribution in [2.45, 2.75) is 71.2 Å². The molecule has 166 valence electrons. The summed E-state index contributed by atoms with van der Waals surface area (Å²) in [4.78, 5) is 29.1. The lowest BCUT2D eigenvalue weighted by atomic mass is 10.2. The maximum absolute atomic E-state index is 12.6. The van der Waals surface area contributed by atoms with Crippen LogP contribution in [0.2, 0.25) is 0 Å². The summed E-state index contributed by atoms with van der Waals surface area (Å²) in [6, 6.07) is 7.94. The van der Waals surface area contributed by atoms with Gasteiger partial charge in [0.2, 0.25) is 5.91 Å². The highest BCUT2D eigenvalue weighted by Gasteiger charge is 2.29. The third-order valence-electron chi connectivity index (χ3n) is 5.94. The number of nitrogens with one attached hydrogen (secondary N) is 2. The molecule has 1 aliphatic carbocycles. The molecule has 0 aromatic heterocycles. The molecule has 7 nitrogen and oxygen atoms in total. The van der Waals surface area contributed by atoms with E-state index in [1.807, 2.05) is 49.9 Å². The second kappa shape index (κ2) is 10.7. The molecule has 1 aromatic carbocycles. The third-order valence-corrected chi connectivity index (χ3v) is 5.94. The summed E-state index contributed by atoms with van der Waals surface area (Å²) in [7, 11) is 0. The van der Waals surface area contributed by atoms with Crippen molar-refractivity contribution in [2.24, 2.45) is 0 Å². The molecule has 2 fully saturated rings. The lowest BCUT2D eigenvalue weighted by Crippen LogP contribution is -2.57. The summed E-state index contributed by atoms with van der Waals surface area (Å²) in [6.45, 7) is 9.10. The van der Waals surface area contributed by atoms with E-state index in [2.05, 4.69) is 15.5 Å². The van der Waals surface area contributed by atoms with Gasteiger partial charge in [-0.15, -0.1) is 0 Å². The second-order valence-corrected chi connectivity index (χ2v) is 8.66. The Morgan fingerprint density at radius 3 is 2.47 bits per heavy atom. The van der Waals surface area contributed by atoms with Gasteiger partial charge in [0.15, 0.2) is 0 Å². The van der Waals surface area contributed by atoms with Crippen molar-refractivity contribution in [3.8, 4) is 5.75 Å². The Kier molecular flexibility index (Phi) is 7.96. The number of ether oxygens (including phenoxy) is 1. The third kappa shape index (κ3) is 6.36. The highest BCUT2D eigenvalue weighted by atomic mass is 16.5. The Balaban J connectivity index is 1.41. The van der Waals surface area contributed by atoms with E-state index in [1.165, 1.54) is 12.8 Å². The number of nitrogens with zero attached hydrogens (tertiary/aromatic N) is 2. The topological polar surface area (TPSA) is 73.9 Å². The molecule has 7 heteroatoms. The molecule has 3 rings (SSSR count). The summed E-state index contributed by atoms with van der Waals surface area (Å²) in [6.07, 6.45) is 4.73. The zero-order valence-electron chi connectivity index (χ0n) is 18.5. The Bertz CT molecular complexity index is 710. The minimum Gasteiger partial charge on any atom is -0.491 e. The molecule has 1 aromatic rings. The zero-order valence-corrected chi connectivity index (χ0v) is 18.5. The van der Waals surface area contributed by atoms with Crippen molar-refractivity contribution >= 4 is 11.9 Å². The Morgan fingerprint density at radius 2 is 1.80 bits per heavy atom. The minimum atomic E-state index is -0.153. The fraction of sp³-hybridized carbons (Fsp3) is 0.652. The predicted octanol–water partition coefficient (Wildman–Crippen LogP) is 2.75. The van der Waals surface area contributed by atoms with Crippen LogP contribution in [0.25, 0.3) is 0 Å². The van der Waals surface area contributed by atoms with E-state index in [0.29, 0.717) is 38.8 Å². The first-order chi connectivity index (χ1) is 14.4. The number of amides is 3. The quantitative estimate of drug-likeness (QED) is 0.717. The smallest absolute Gasteiger partial charge is 0.317 e. The molecule has 2 aliphatic rings. The van der Waals surface area contributed by atoms with Crippen molar-refractivity contribution in [1.82, 2.24) is 20.4 Å². The van der Waals surface area contributed by atoms with Crippen LogP contribution in [0.15, 0.2) is 24.3 Å². The number of carbonyl (C=O) groups excluding carboxylic acids is 2. The molecule has 30 heavy (non-hydrogen) atoms. The van der Waals surface area contributed by atoms with Crippen LogP contribution in [0.1, 0.15) is 52.0 Å². The molecule has 0 radical (unpaired) electrons. The van der Waals surface area contributed by atoms with Gasteiger partial charge in [0, 0.05) is 38.8 Å². The predicted molar refractivity (Wildman–Crippen MR) is 117 cm³/mol. The van der Waals surface area contributed by atoms with Crippen LogP contribution in [-0.4, -0.2) is 66.1 Å². The van der Waals surface area contributed by atoms with Crippen LogP contribution in [-0.2, 0) is 11.3 Å². The lowest BCUT2D eigenvalue weighted by molar-refractivity contribution is -0.127. The number of benzene rings is 1. The molecule has 2 N–H and O–H groups in total. The molecular weight excluding hydrogens is 380 g/mol. The first-order valence-corrected chi connectivity index (χ1v) is 11.2. The van der Waals surface area contributed by atoms with Crippen LogP contribution in [0, 0.1) is 0 Å². The molecule has 1 atom stereocenters. The van der Waals surface area contributed by atoms with Crippen LogP contribution in [0.3, 0.4) is 0 Å². The van der Waals surface area contributed by atoms with Crippen LogP contribution < -0.4 is 15.4 Å².